The van der Waals surface area contributed by atoms with Crippen molar-refractivity contribution in [1.29, 1.82) is 0 Å². The molecule has 6 aromatic carbocycles. The zero-order valence-corrected chi connectivity index (χ0v) is 21.4. The van der Waals surface area contributed by atoms with Crippen LogP contribution in [0.1, 0.15) is 25.0 Å². The van der Waals surface area contributed by atoms with Gasteiger partial charge in [0.1, 0.15) is 0 Å². The van der Waals surface area contributed by atoms with Gasteiger partial charge in [-0.3, -0.25) is 0 Å². The van der Waals surface area contributed by atoms with Crippen molar-refractivity contribution in [2.24, 2.45) is 0 Å². The van der Waals surface area contributed by atoms with E-state index < -0.39 is 0 Å². The minimum atomic E-state index is -0.0316. The van der Waals surface area contributed by atoms with Gasteiger partial charge >= 0.3 is 0 Å². The molecule has 0 saturated heterocycles. The molecule has 0 atom stereocenters. The molecule has 178 valence electrons. The maximum Gasteiger partial charge on any atom is 0.0547 e. The van der Waals surface area contributed by atoms with Crippen molar-refractivity contribution in [3.63, 3.8) is 0 Å². The lowest BCUT2D eigenvalue weighted by Crippen LogP contribution is -2.15. The standard InChI is InChI=1S/C37H25N/c1-37(2)30-15-6-5-12-26(30)27-19-18-23(21-31(27)37)38-32-16-8-14-29-25-11-4-3-10-24(25)28-13-7-9-22-17-20-33(38)36(34(22)28)35(29)32/h3-21H,1-2H3. The minimum Gasteiger partial charge on any atom is -0.309 e. The first kappa shape index (κ1) is 20.4. The summed E-state index contributed by atoms with van der Waals surface area (Å²) in [5, 5.41) is 5.38. The van der Waals surface area contributed by atoms with E-state index in [9.17, 15) is 0 Å². The van der Waals surface area contributed by atoms with E-state index >= 15 is 0 Å². The molecule has 0 aliphatic heterocycles. The van der Waals surface area contributed by atoms with Crippen molar-refractivity contribution >= 4 is 32.6 Å². The van der Waals surface area contributed by atoms with Crippen molar-refractivity contribution in [1.82, 2.24) is 4.57 Å². The first-order valence-electron chi connectivity index (χ1n) is 13.5. The van der Waals surface area contributed by atoms with Gasteiger partial charge in [-0.2, -0.15) is 0 Å². The average molecular weight is 484 g/mol. The summed E-state index contributed by atoms with van der Waals surface area (Å²) in [6, 6.07) is 43.1. The van der Waals surface area contributed by atoms with E-state index in [1.165, 1.54) is 82.8 Å². The summed E-state index contributed by atoms with van der Waals surface area (Å²) in [5.74, 6) is 0. The Morgan fingerprint density at radius 2 is 1.08 bits per heavy atom. The molecule has 38 heavy (non-hydrogen) atoms. The number of aromatic nitrogens is 1. The zero-order valence-electron chi connectivity index (χ0n) is 21.4. The fraction of sp³-hybridized carbons (Fsp3) is 0.0811. The van der Waals surface area contributed by atoms with Crippen molar-refractivity contribution in [2.45, 2.75) is 19.3 Å². The third kappa shape index (κ3) is 2.33. The van der Waals surface area contributed by atoms with Gasteiger partial charge in [0, 0.05) is 21.9 Å². The summed E-state index contributed by atoms with van der Waals surface area (Å²) in [6.07, 6.45) is 0. The van der Waals surface area contributed by atoms with E-state index in [1.54, 1.807) is 0 Å². The summed E-state index contributed by atoms with van der Waals surface area (Å²) in [5.41, 5.74) is 14.6. The number of hydrogen-bond donors (Lipinski definition) is 0. The lowest BCUT2D eigenvalue weighted by molar-refractivity contribution is 0.660. The summed E-state index contributed by atoms with van der Waals surface area (Å²) < 4.78 is 2.50. The van der Waals surface area contributed by atoms with Crippen molar-refractivity contribution in [3.8, 4) is 39.1 Å². The predicted molar refractivity (Wildman–Crippen MR) is 160 cm³/mol. The molecule has 1 heterocycles. The smallest absolute Gasteiger partial charge is 0.0547 e. The molecule has 2 aliphatic carbocycles. The average Bonchev–Trinajstić information content (AvgIpc) is 3.37. The highest BCUT2D eigenvalue weighted by Crippen LogP contribution is 2.51. The van der Waals surface area contributed by atoms with Gasteiger partial charge in [-0.15, -0.1) is 0 Å². The Kier molecular flexibility index (Phi) is 3.67. The molecule has 0 amide bonds. The molecular weight excluding hydrogens is 458 g/mol. The monoisotopic (exact) mass is 483 g/mol. The lowest BCUT2D eigenvalue weighted by Gasteiger charge is -2.22. The van der Waals surface area contributed by atoms with Crippen LogP contribution in [-0.4, -0.2) is 4.57 Å². The number of hydrogen-bond acceptors (Lipinski definition) is 0. The van der Waals surface area contributed by atoms with Crippen molar-refractivity contribution in [2.75, 3.05) is 0 Å². The van der Waals surface area contributed by atoms with Gasteiger partial charge in [0.15, 0.2) is 0 Å². The van der Waals surface area contributed by atoms with Crippen LogP contribution in [0.2, 0.25) is 0 Å². The topological polar surface area (TPSA) is 4.93 Å². The molecule has 7 aromatic rings. The number of benzene rings is 6. The van der Waals surface area contributed by atoms with Crippen LogP contribution in [0.3, 0.4) is 0 Å². The molecule has 2 aliphatic rings. The molecule has 0 fully saturated rings. The Morgan fingerprint density at radius 1 is 0.447 bits per heavy atom. The van der Waals surface area contributed by atoms with E-state index in [0.717, 1.165) is 0 Å². The minimum absolute atomic E-state index is 0.0316. The molecule has 0 N–H and O–H groups in total. The Balaban J connectivity index is 1.44. The Labute approximate surface area is 221 Å². The van der Waals surface area contributed by atoms with Crippen LogP contribution in [0.15, 0.2) is 115 Å². The highest BCUT2D eigenvalue weighted by atomic mass is 15.0. The number of fused-ring (bicyclic) bond motifs is 6. The molecule has 0 unspecified atom stereocenters. The highest BCUT2D eigenvalue weighted by molar-refractivity contribution is 6.30. The maximum absolute atomic E-state index is 2.50. The van der Waals surface area contributed by atoms with Gasteiger partial charge in [-0.05, 0) is 79.5 Å². The second-order valence-electron chi connectivity index (χ2n) is 11.3. The largest absolute Gasteiger partial charge is 0.309 e. The second-order valence-corrected chi connectivity index (χ2v) is 11.3. The third-order valence-corrected chi connectivity index (χ3v) is 9.13. The first-order valence-corrected chi connectivity index (χ1v) is 13.5. The van der Waals surface area contributed by atoms with Gasteiger partial charge in [-0.25, -0.2) is 0 Å². The Hall–Kier alpha value is -4.62. The lowest BCUT2D eigenvalue weighted by atomic mass is 9.82. The second kappa shape index (κ2) is 6.82. The fourth-order valence-electron chi connectivity index (χ4n) is 7.44. The number of nitrogens with zero attached hydrogens (tertiary/aromatic N) is 1. The van der Waals surface area contributed by atoms with Crippen LogP contribution < -0.4 is 0 Å². The SMILES string of the molecule is CC1(C)c2ccccc2-c2ccc(-n3c4cccc5c4c4c6c(cccc6ccc43)-c3ccccc3-5)cc21. The molecule has 0 spiro atoms. The molecule has 9 rings (SSSR count). The molecule has 0 bridgehead atoms. The van der Waals surface area contributed by atoms with Gasteiger partial charge < -0.3 is 4.57 Å². The van der Waals surface area contributed by atoms with Crippen LogP contribution in [-0.2, 0) is 5.41 Å². The van der Waals surface area contributed by atoms with Crippen molar-refractivity contribution in [3.05, 3.63) is 126 Å². The number of rotatable bonds is 1. The summed E-state index contributed by atoms with van der Waals surface area (Å²) in [7, 11) is 0. The summed E-state index contributed by atoms with van der Waals surface area (Å²) >= 11 is 0. The van der Waals surface area contributed by atoms with E-state index in [2.05, 4.69) is 134 Å². The highest BCUT2D eigenvalue weighted by Gasteiger charge is 2.35. The van der Waals surface area contributed by atoms with Crippen LogP contribution in [0.4, 0.5) is 0 Å². The fourth-order valence-corrected chi connectivity index (χ4v) is 7.44. The normalized spacial score (nSPS) is 14.3. The van der Waals surface area contributed by atoms with Crippen LogP contribution in [0, 0.1) is 0 Å². The Morgan fingerprint density at radius 3 is 1.89 bits per heavy atom. The quantitative estimate of drug-likeness (QED) is 0.219. The molecule has 0 saturated carbocycles. The molecule has 1 heteroatoms. The zero-order chi connectivity index (χ0) is 25.2. The van der Waals surface area contributed by atoms with Crippen LogP contribution in [0.25, 0.3) is 71.6 Å². The third-order valence-electron chi connectivity index (χ3n) is 9.13. The Bertz CT molecular complexity index is 2150. The van der Waals surface area contributed by atoms with E-state index in [4.69, 9.17) is 0 Å². The van der Waals surface area contributed by atoms with E-state index in [0.29, 0.717) is 0 Å². The summed E-state index contributed by atoms with van der Waals surface area (Å²) in [6.45, 7) is 4.72. The van der Waals surface area contributed by atoms with Gasteiger partial charge in [0.05, 0.1) is 11.0 Å². The van der Waals surface area contributed by atoms with E-state index in [-0.39, 0.29) is 5.41 Å². The van der Waals surface area contributed by atoms with Crippen LogP contribution >= 0.6 is 0 Å². The molecule has 1 aromatic heterocycles. The van der Waals surface area contributed by atoms with Crippen molar-refractivity contribution < 1.29 is 0 Å². The maximum atomic E-state index is 2.50. The van der Waals surface area contributed by atoms with Crippen LogP contribution in [0.5, 0.6) is 0 Å². The van der Waals surface area contributed by atoms with Gasteiger partial charge in [-0.1, -0.05) is 105 Å². The van der Waals surface area contributed by atoms with E-state index in [1.807, 2.05) is 0 Å². The first-order chi connectivity index (χ1) is 18.6. The van der Waals surface area contributed by atoms with Gasteiger partial charge in [0.25, 0.3) is 0 Å². The summed E-state index contributed by atoms with van der Waals surface area (Å²) in [4.78, 5) is 0. The van der Waals surface area contributed by atoms with Gasteiger partial charge in [0.2, 0.25) is 0 Å². The molecule has 1 nitrogen and oxygen atoms in total. The predicted octanol–water partition coefficient (Wildman–Crippen LogP) is 9.89. The molecule has 0 radical (unpaired) electrons. The molecular formula is C37H25N.